The Morgan fingerprint density at radius 3 is 1.88 bits per heavy atom. The van der Waals surface area contributed by atoms with Crippen LogP contribution in [0.4, 0.5) is 4.39 Å². The fourth-order valence-corrected chi connectivity index (χ4v) is 2.60. The van der Waals surface area contributed by atoms with Crippen LogP contribution >= 0.6 is 0 Å². The maximum absolute atomic E-state index is 12.9. The van der Waals surface area contributed by atoms with Crippen molar-refractivity contribution in [3.63, 3.8) is 0 Å². The Bertz CT molecular complexity index is 801. The van der Waals surface area contributed by atoms with Crippen LogP contribution in [0.2, 0.25) is 0 Å². The third-order valence-corrected chi connectivity index (χ3v) is 3.77. The average molecular weight is 351 g/mol. The molecule has 0 atom stereocenters. The number of hydrogen-bond acceptors (Lipinski definition) is 4. The van der Waals surface area contributed by atoms with Gasteiger partial charge in [-0.15, -0.1) is 0 Å². The van der Waals surface area contributed by atoms with Crippen LogP contribution in [0.5, 0.6) is 5.75 Å². The minimum absolute atomic E-state index is 0.115. The van der Waals surface area contributed by atoms with Crippen LogP contribution in [0.1, 0.15) is 18.1 Å². The summed E-state index contributed by atoms with van der Waals surface area (Å²) in [6.45, 7) is 2.17. The van der Waals surface area contributed by atoms with Crippen molar-refractivity contribution in [2.75, 3.05) is 6.26 Å². The molecule has 2 aromatic carbocycles. The molecule has 2 aromatic rings. The molecule has 0 aromatic heterocycles. The van der Waals surface area contributed by atoms with Crippen molar-refractivity contribution >= 4 is 16.0 Å². The van der Waals surface area contributed by atoms with Crippen molar-refractivity contribution in [3.8, 4) is 5.75 Å². The molecule has 128 valence electrons. The number of carbonyl (C=O) groups is 1. The SMILES string of the molecule is CC(=O)N(Cc1ccc(F)cc1)Cc1ccc(OS(C)(=O)=O)cc1. The van der Waals surface area contributed by atoms with Gasteiger partial charge in [-0.05, 0) is 35.4 Å². The first-order valence-electron chi connectivity index (χ1n) is 7.21. The lowest BCUT2D eigenvalue weighted by Gasteiger charge is -2.21. The van der Waals surface area contributed by atoms with Crippen molar-refractivity contribution in [2.45, 2.75) is 20.0 Å². The Balaban J connectivity index is 2.07. The van der Waals surface area contributed by atoms with E-state index >= 15 is 0 Å². The largest absolute Gasteiger partial charge is 0.383 e. The van der Waals surface area contributed by atoms with Gasteiger partial charge in [-0.2, -0.15) is 8.42 Å². The summed E-state index contributed by atoms with van der Waals surface area (Å²) >= 11 is 0. The molecular formula is C17H18FNO4S. The lowest BCUT2D eigenvalue weighted by molar-refractivity contribution is -0.130. The van der Waals surface area contributed by atoms with E-state index in [4.69, 9.17) is 4.18 Å². The Morgan fingerprint density at radius 1 is 1.00 bits per heavy atom. The van der Waals surface area contributed by atoms with Gasteiger partial charge >= 0.3 is 10.1 Å². The number of hydrogen-bond donors (Lipinski definition) is 0. The summed E-state index contributed by atoms with van der Waals surface area (Å²) in [6.07, 6.45) is 0.973. The predicted molar refractivity (Wildman–Crippen MR) is 88.2 cm³/mol. The quantitative estimate of drug-likeness (QED) is 0.751. The highest BCUT2D eigenvalue weighted by Gasteiger charge is 2.11. The molecule has 7 heteroatoms. The summed E-state index contributed by atoms with van der Waals surface area (Å²) in [5.41, 5.74) is 1.65. The molecular weight excluding hydrogens is 333 g/mol. The molecule has 0 N–H and O–H groups in total. The first-order chi connectivity index (χ1) is 11.2. The fraction of sp³-hybridized carbons (Fsp3) is 0.235. The molecule has 0 radical (unpaired) electrons. The van der Waals surface area contributed by atoms with E-state index in [0.29, 0.717) is 13.1 Å². The summed E-state index contributed by atoms with van der Waals surface area (Å²) in [5.74, 6) is -0.223. The van der Waals surface area contributed by atoms with Gasteiger partial charge in [-0.25, -0.2) is 4.39 Å². The normalized spacial score (nSPS) is 11.1. The highest BCUT2D eigenvalue weighted by atomic mass is 32.2. The lowest BCUT2D eigenvalue weighted by atomic mass is 10.1. The molecule has 0 spiro atoms. The lowest BCUT2D eigenvalue weighted by Crippen LogP contribution is -2.27. The summed E-state index contributed by atoms with van der Waals surface area (Å²) in [5, 5.41) is 0. The molecule has 0 saturated carbocycles. The topological polar surface area (TPSA) is 63.7 Å². The highest BCUT2D eigenvalue weighted by Crippen LogP contribution is 2.16. The van der Waals surface area contributed by atoms with Gasteiger partial charge < -0.3 is 9.08 Å². The molecule has 2 rings (SSSR count). The number of rotatable bonds is 6. The van der Waals surface area contributed by atoms with Crippen LogP contribution in [0, 0.1) is 5.82 Å². The van der Waals surface area contributed by atoms with Crippen LogP contribution in [-0.4, -0.2) is 25.5 Å². The monoisotopic (exact) mass is 351 g/mol. The molecule has 1 amide bonds. The Hall–Kier alpha value is -2.41. The smallest absolute Gasteiger partial charge is 0.306 e. The van der Waals surface area contributed by atoms with E-state index in [0.717, 1.165) is 17.4 Å². The molecule has 0 bridgehead atoms. The number of nitrogens with zero attached hydrogens (tertiary/aromatic N) is 1. The van der Waals surface area contributed by atoms with E-state index in [1.165, 1.54) is 31.2 Å². The average Bonchev–Trinajstić information content (AvgIpc) is 2.49. The van der Waals surface area contributed by atoms with Crippen molar-refractivity contribution < 1.29 is 21.8 Å². The van der Waals surface area contributed by atoms with Crippen LogP contribution in [-0.2, 0) is 28.0 Å². The molecule has 0 unspecified atom stereocenters. The number of amides is 1. The van der Waals surface area contributed by atoms with Gasteiger partial charge in [-0.1, -0.05) is 24.3 Å². The van der Waals surface area contributed by atoms with Crippen LogP contribution in [0.3, 0.4) is 0 Å². The summed E-state index contributed by atoms with van der Waals surface area (Å²) in [4.78, 5) is 13.4. The van der Waals surface area contributed by atoms with Crippen LogP contribution in [0.15, 0.2) is 48.5 Å². The number of carbonyl (C=O) groups excluding carboxylic acids is 1. The summed E-state index contributed by atoms with van der Waals surface area (Å²) in [7, 11) is -3.57. The Labute approximate surface area is 140 Å². The van der Waals surface area contributed by atoms with Crippen molar-refractivity contribution in [3.05, 3.63) is 65.5 Å². The van der Waals surface area contributed by atoms with Gasteiger partial charge in [-0.3, -0.25) is 4.79 Å². The zero-order chi connectivity index (χ0) is 17.7. The molecule has 0 saturated heterocycles. The summed E-state index contributed by atoms with van der Waals surface area (Å²) < 4.78 is 39.9. The summed E-state index contributed by atoms with van der Waals surface area (Å²) in [6, 6.07) is 12.4. The van der Waals surface area contributed by atoms with Crippen molar-refractivity contribution in [1.82, 2.24) is 4.90 Å². The van der Waals surface area contributed by atoms with Gasteiger partial charge in [0, 0.05) is 20.0 Å². The second kappa shape index (κ2) is 7.44. The number of halogens is 1. The first kappa shape index (κ1) is 17.9. The Morgan fingerprint density at radius 2 is 1.46 bits per heavy atom. The zero-order valence-electron chi connectivity index (χ0n) is 13.4. The zero-order valence-corrected chi connectivity index (χ0v) is 14.2. The van der Waals surface area contributed by atoms with Gasteiger partial charge in [0.1, 0.15) is 11.6 Å². The maximum Gasteiger partial charge on any atom is 0.306 e. The standard InChI is InChI=1S/C17H18FNO4S/c1-13(20)19(11-14-3-7-16(18)8-4-14)12-15-5-9-17(10-6-15)23-24(2,21)22/h3-10H,11-12H2,1-2H3. The molecule has 5 nitrogen and oxygen atoms in total. The second-order valence-corrected chi connectivity index (χ2v) is 7.01. The first-order valence-corrected chi connectivity index (χ1v) is 9.03. The van der Waals surface area contributed by atoms with E-state index in [1.807, 2.05) is 0 Å². The Kier molecular flexibility index (Phi) is 5.56. The fourth-order valence-electron chi connectivity index (χ4n) is 2.13. The second-order valence-electron chi connectivity index (χ2n) is 5.43. The molecule has 0 heterocycles. The molecule has 0 aliphatic carbocycles. The van der Waals surface area contributed by atoms with Crippen LogP contribution < -0.4 is 4.18 Å². The van der Waals surface area contributed by atoms with Crippen molar-refractivity contribution in [1.29, 1.82) is 0 Å². The van der Waals surface area contributed by atoms with Crippen LogP contribution in [0.25, 0.3) is 0 Å². The maximum atomic E-state index is 12.9. The highest BCUT2D eigenvalue weighted by molar-refractivity contribution is 7.86. The van der Waals surface area contributed by atoms with Gasteiger partial charge in [0.25, 0.3) is 0 Å². The predicted octanol–water partition coefficient (Wildman–Crippen LogP) is 2.71. The van der Waals surface area contributed by atoms with Gasteiger partial charge in [0.2, 0.25) is 5.91 Å². The molecule has 24 heavy (non-hydrogen) atoms. The number of benzene rings is 2. The van der Waals surface area contributed by atoms with E-state index < -0.39 is 10.1 Å². The van der Waals surface area contributed by atoms with E-state index in [2.05, 4.69) is 0 Å². The third kappa shape index (κ3) is 5.66. The molecule has 0 aliphatic rings. The minimum Gasteiger partial charge on any atom is -0.383 e. The van der Waals surface area contributed by atoms with Gasteiger partial charge in [0.05, 0.1) is 6.26 Å². The van der Waals surface area contributed by atoms with E-state index in [9.17, 15) is 17.6 Å². The van der Waals surface area contributed by atoms with E-state index in [-0.39, 0.29) is 17.5 Å². The van der Waals surface area contributed by atoms with Crippen molar-refractivity contribution in [2.24, 2.45) is 0 Å². The molecule has 0 aliphatic heterocycles. The van der Waals surface area contributed by atoms with E-state index in [1.54, 1.807) is 29.2 Å². The van der Waals surface area contributed by atoms with Gasteiger partial charge in [0.15, 0.2) is 0 Å². The minimum atomic E-state index is -3.57. The third-order valence-electron chi connectivity index (χ3n) is 3.28. The molecule has 0 fully saturated rings.